The van der Waals surface area contributed by atoms with Crippen molar-refractivity contribution in [3.8, 4) is 5.75 Å². The average molecular weight is 341 g/mol. The van der Waals surface area contributed by atoms with Crippen molar-refractivity contribution in [3.05, 3.63) is 35.0 Å². The first-order chi connectivity index (χ1) is 11.9. The van der Waals surface area contributed by atoms with Gasteiger partial charge in [0.05, 0.1) is 0 Å². The first kappa shape index (κ1) is 15.6. The van der Waals surface area contributed by atoms with E-state index in [9.17, 15) is 9.59 Å². The maximum absolute atomic E-state index is 12.5. The lowest BCUT2D eigenvalue weighted by atomic mass is 10.00. The molecule has 0 radical (unpaired) electrons. The maximum Gasteiger partial charge on any atom is 0.275 e. The number of aromatic amines is 1. The lowest BCUT2D eigenvalue weighted by Gasteiger charge is -2.16. The highest BCUT2D eigenvalue weighted by atomic mass is 16.5. The summed E-state index contributed by atoms with van der Waals surface area (Å²) in [5, 5.41) is 15.6. The van der Waals surface area contributed by atoms with Gasteiger partial charge in [-0.1, -0.05) is 0 Å². The molecule has 0 saturated heterocycles. The first-order valence-corrected chi connectivity index (χ1v) is 8.26. The summed E-state index contributed by atoms with van der Waals surface area (Å²) >= 11 is 0. The molecule has 2 aliphatic rings. The molecule has 2 aromatic rings. The number of rotatable bonds is 4. The average Bonchev–Trinajstić information content (AvgIpc) is 3.13. The number of fused-ring (bicyclic) bond motifs is 1. The molecule has 1 aromatic carbocycles. The summed E-state index contributed by atoms with van der Waals surface area (Å²) < 4.78 is 5.82. The van der Waals surface area contributed by atoms with Gasteiger partial charge in [-0.3, -0.25) is 9.59 Å². The van der Waals surface area contributed by atoms with E-state index in [0.29, 0.717) is 5.56 Å². The standard InChI is InChI=1S/C17H19N5O3/c1-17(2)8-10-7-9(3-6-12(10)25-17)15(23)19-14-13(20-22-21-14)16(24)18-11-4-5-11/h3,6-7,11H,4-5,8H2,1-2H3,(H,18,24)(H2,19,20,21,22,23). The van der Waals surface area contributed by atoms with Crippen LogP contribution in [0.25, 0.3) is 0 Å². The minimum Gasteiger partial charge on any atom is -0.487 e. The predicted molar refractivity (Wildman–Crippen MR) is 89.7 cm³/mol. The molecule has 0 spiro atoms. The third-order valence-corrected chi connectivity index (χ3v) is 4.23. The lowest BCUT2D eigenvalue weighted by molar-refractivity contribution is 0.0947. The van der Waals surface area contributed by atoms with Crippen LogP contribution in [-0.2, 0) is 6.42 Å². The van der Waals surface area contributed by atoms with E-state index in [1.807, 2.05) is 19.9 Å². The maximum atomic E-state index is 12.5. The van der Waals surface area contributed by atoms with Gasteiger partial charge < -0.3 is 15.4 Å². The lowest BCUT2D eigenvalue weighted by Crippen LogP contribution is -2.27. The Labute approximate surface area is 144 Å². The van der Waals surface area contributed by atoms with Gasteiger partial charge in [0.1, 0.15) is 11.4 Å². The number of ether oxygens (including phenoxy) is 1. The second-order valence-electron chi connectivity index (χ2n) is 7.08. The minimum absolute atomic E-state index is 0.0888. The van der Waals surface area contributed by atoms with E-state index in [1.54, 1.807) is 12.1 Å². The number of hydrogen-bond acceptors (Lipinski definition) is 5. The van der Waals surface area contributed by atoms with Crippen LogP contribution in [0.1, 0.15) is 53.1 Å². The van der Waals surface area contributed by atoms with Crippen molar-refractivity contribution >= 4 is 17.6 Å². The molecule has 1 aliphatic heterocycles. The highest BCUT2D eigenvalue weighted by molar-refractivity contribution is 6.07. The number of aromatic nitrogens is 3. The Balaban J connectivity index is 1.50. The Bertz CT molecular complexity index is 854. The summed E-state index contributed by atoms with van der Waals surface area (Å²) in [5.74, 6) is 0.241. The normalized spacial score (nSPS) is 17.5. The molecule has 4 rings (SSSR count). The molecule has 0 bridgehead atoms. The largest absolute Gasteiger partial charge is 0.487 e. The number of nitrogens with zero attached hydrogens (tertiary/aromatic N) is 2. The van der Waals surface area contributed by atoms with Crippen LogP contribution in [0, 0.1) is 0 Å². The van der Waals surface area contributed by atoms with Crippen LogP contribution in [0.3, 0.4) is 0 Å². The van der Waals surface area contributed by atoms with Crippen molar-refractivity contribution in [1.82, 2.24) is 20.7 Å². The van der Waals surface area contributed by atoms with E-state index in [4.69, 9.17) is 4.74 Å². The van der Waals surface area contributed by atoms with Crippen molar-refractivity contribution in [2.45, 2.75) is 44.8 Å². The van der Waals surface area contributed by atoms with Crippen LogP contribution < -0.4 is 15.4 Å². The fraction of sp³-hybridized carbons (Fsp3) is 0.412. The van der Waals surface area contributed by atoms with Crippen LogP contribution in [0.2, 0.25) is 0 Å². The van der Waals surface area contributed by atoms with Crippen LogP contribution >= 0.6 is 0 Å². The molecule has 2 amide bonds. The molecule has 1 aliphatic carbocycles. The van der Waals surface area contributed by atoms with Crippen molar-refractivity contribution in [2.24, 2.45) is 0 Å². The van der Waals surface area contributed by atoms with Gasteiger partial charge in [0, 0.05) is 18.0 Å². The summed E-state index contributed by atoms with van der Waals surface area (Å²) in [4.78, 5) is 24.6. The minimum atomic E-state index is -0.345. The van der Waals surface area contributed by atoms with E-state index >= 15 is 0 Å². The molecule has 25 heavy (non-hydrogen) atoms. The number of anilines is 1. The zero-order chi connectivity index (χ0) is 17.6. The molecule has 130 valence electrons. The van der Waals surface area contributed by atoms with Crippen molar-refractivity contribution in [3.63, 3.8) is 0 Å². The third-order valence-electron chi connectivity index (χ3n) is 4.23. The Morgan fingerprint density at radius 1 is 1.24 bits per heavy atom. The number of carbonyl (C=O) groups is 2. The Kier molecular flexibility index (Phi) is 3.48. The van der Waals surface area contributed by atoms with Gasteiger partial charge in [-0.2, -0.15) is 5.21 Å². The van der Waals surface area contributed by atoms with E-state index in [-0.39, 0.29) is 35.0 Å². The summed E-state index contributed by atoms with van der Waals surface area (Å²) in [5.41, 5.74) is 1.30. The van der Waals surface area contributed by atoms with E-state index in [1.165, 1.54) is 0 Å². The van der Waals surface area contributed by atoms with Gasteiger partial charge in [-0.25, -0.2) is 0 Å². The predicted octanol–water partition coefficient (Wildman–Crippen LogP) is 1.66. The molecule has 8 nitrogen and oxygen atoms in total. The molecule has 3 N–H and O–H groups in total. The van der Waals surface area contributed by atoms with Gasteiger partial charge in [0.2, 0.25) is 0 Å². The van der Waals surface area contributed by atoms with E-state index in [0.717, 1.165) is 30.6 Å². The summed E-state index contributed by atoms with van der Waals surface area (Å²) in [6.07, 6.45) is 2.68. The van der Waals surface area contributed by atoms with Crippen LogP contribution in [0.15, 0.2) is 18.2 Å². The molecule has 1 saturated carbocycles. The number of hydrogen-bond donors (Lipinski definition) is 3. The molecule has 8 heteroatoms. The summed E-state index contributed by atoms with van der Waals surface area (Å²) in [6.45, 7) is 4.01. The molecule has 1 fully saturated rings. The van der Waals surface area contributed by atoms with Crippen molar-refractivity contribution < 1.29 is 14.3 Å². The number of carbonyl (C=O) groups excluding carboxylic acids is 2. The van der Waals surface area contributed by atoms with E-state index in [2.05, 4.69) is 26.0 Å². The van der Waals surface area contributed by atoms with Crippen LogP contribution in [-0.4, -0.2) is 38.9 Å². The molecule has 1 aromatic heterocycles. The topological polar surface area (TPSA) is 109 Å². The number of H-pyrrole nitrogens is 1. The van der Waals surface area contributed by atoms with E-state index < -0.39 is 0 Å². The van der Waals surface area contributed by atoms with Crippen LogP contribution in [0.5, 0.6) is 5.75 Å². The van der Waals surface area contributed by atoms with Gasteiger partial charge in [-0.05, 0) is 50.5 Å². The summed E-state index contributed by atoms with van der Waals surface area (Å²) in [7, 11) is 0. The smallest absolute Gasteiger partial charge is 0.275 e. The van der Waals surface area contributed by atoms with Crippen molar-refractivity contribution in [1.29, 1.82) is 0 Å². The van der Waals surface area contributed by atoms with Gasteiger partial charge in [0.15, 0.2) is 11.5 Å². The van der Waals surface area contributed by atoms with Gasteiger partial charge in [-0.15, -0.1) is 10.2 Å². The van der Waals surface area contributed by atoms with Crippen molar-refractivity contribution in [2.75, 3.05) is 5.32 Å². The second kappa shape index (κ2) is 5.58. The summed E-state index contributed by atoms with van der Waals surface area (Å²) in [6, 6.07) is 5.50. The SMILES string of the molecule is CC1(C)Cc2cc(C(=O)Nc3n[nH]nc3C(=O)NC3CC3)ccc2O1. The zero-order valence-corrected chi connectivity index (χ0v) is 14.0. The third kappa shape index (κ3) is 3.19. The fourth-order valence-electron chi connectivity index (χ4n) is 2.89. The molecule has 0 unspecified atom stereocenters. The number of benzene rings is 1. The van der Waals surface area contributed by atoms with Gasteiger partial charge in [0.25, 0.3) is 11.8 Å². The molecular formula is C17H19N5O3. The first-order valence-electron chi connectivity index (χ1n) is 8.26. The Morgan fingerprint density at radius 3 is 2.80 bits per heavy atom. The van der Waals surface area contributed by atoms with Crippen LogP contribution in [0.4, 0.5) is 5.82 Å². The monoisotopic (exact) mass is 341 g/mol. The quantitative estimate of drug-likeness (QED) is 0.784. The second-order valence-corrected chi connectivity index (χ2v) is 7.08. The van der Waals surface area contributed by atoms with Gasteiger partial charge >= 0.3 is 0 Å². The molecule has 0 atom stereocenters. The molecular weight excluding hydrogens is 322 g/mol. The highest BCUT2D eigenvalue weighted by Crippen LogP contribution is 2.35. The Hall–Kier alpha value is -2.90. The molecule has 2 heterocycles. The number of amides is 2. The fourth-order valence-corrected chi connectivity index (χ4v) is 2.89. The zero-order valence-electron chi connectivity index (χ0n) is 14.0. The number of nitrogens with one attached hydrogen (secondary N) is 3. The highest BCUT2D eigenvalue weighted by Gasteiger charge is 2.31. The Morgan fingerprint density at radius 2 is 2.04 bits per heavy atom.